The first-order valence-corrected chi connectivity index (χ1v) is 10.3. The van der Waals surface area contributed by atoms with Gasteiger partial charge >= 0.3 is 12.1 Å². The van der Waals surface area contributed by atoms with E-state index in [-0.39, 0.29) is 34.8 Å². The third-order valence-corrected chi connectivity index (χ3v) is 5.62. The summed E-state index contributed by atoms with van der Waals surface area (Å²) in [4.78, 5) is 31.1. The first kappa shape index (κ1) is 20.4. The molecule has 2 N–H and O–H groups in total. The number of nitrogens with one attached hydrogen (secondary N) is 1. The largest absolute Gasteiger partial charge is 0.481 e. The third kappa shape index (κ3) is 4.34. The lowest BCUT2D eigenvalue weighted by Crippen LogP contribution is -2.19. The maximum absolute atomic E-state index is 12.4. The number of rotatable bonds is 6. The van der Waals surface area contributed by atoms with Crippen molar-refractivity contribution in [2.45, 2.75) is 11.1 Å². The number of carboxylic acids is 1. The van der Waals surface area contributed by atoms with Crippen LogP contribution in [0.3, 0.4) is 0 Å². The topological polar surface area (TPSA) is 125 Å². The van der Waals surface area contributed by atoms with E-state index < -0.39 is 12.1 Å². The first-order valence-electron chi connectivity index (χ1n) is 9.30. The molecule has 1 aliphatic rings. The number of carbonyl (C=O) groups is 2. The first-order chi connectivity index (χ1) is 15.1. The Labute approximate surface area is 181 Å². The van der Waals surface area contributed by atoms with Crippen molar-refractivity contribution < 1.29 is 19.4 Å². The van der Waals surface area contributed by atoms with Crippen LogP contribution in [0.5, 0.6) is 0 Å². The SMILES string of the molecule is N#Cc1cnc(SCC(=O)O)nc1NC(=O)OCC1c2ccccc2-c2ccccc21. The number of aromatic nitrogens is 2. The van der Waals surface area contributed by atoms with Gasteiger partial charge < -0.3 is 9.84 Å². The second-order valence-corrected chi connectivity index (χ2v) is 7.60. The summed E-state index contributed by atoms with van der Waals surface area (Å²) in [6.45, 7) is 0.119. The number of carbonyl (C=O) groups excluding carboxylic acids is 1. The minimum absolute atomic E-state index is 0.0254. The van der Waals surface area contributed by atoms with Gasteiger partial charge in [0, 0.05) is 5.92 Å². The number of aliphatic carboxylic acids is 1. The Kier molecular flexibility index (Phi) is 5.82. The van der Waals surface area contributed by atoms with Gasteiger partial charge in [-0.25, -0.2) is 14.8 Å². The highest BCUT2D eigenvalue weighted by Gasteiger charge is 2.29. The number of benzene rings is 2. The summed E-state index contributed by atoms with van der Waals surface area (Å²) in [5.74, 6) is -1.39. The van der Waals surface area contributed by atoms with Gasteiger partial charge in [-0.05, 0) is 22.3 Å². The fraction of sp³-hybridized carbons (Fsp3) is 0.136. The van der Waals surface area contributed by atoms with Crippen LogP contribution in [0.4, 0.5) is 10.6 Å². The monoisotopic (exact) mass is 432 g/mol. The van der Waals surface area contributed by atoms with Crippen molar-refractivity contribution in [2.24, 2.45) is 0 Å². The van der Waals surface area contributed by atoms with E-state index in [4.69, 9.17) is 9.84 Å². The van der Waals surface area contributed by atoms with Gasteiger partial charge in [0.15, 0.2) is 11.0 Å². The minimum atomic E-state index is -1.02. The quantitative estimate of drug-likeness (QED) is 0.444. The maximum atomic E-state index is 12.4. The number of anilines is 1. The highest BCUT2D eigenvalue weighted by molar-refractivity contribution is 7.99. The summed E-state index contributed by atoms with van der Waals surface area (Å²) in [6.07, 6.45) is 0.474. The number of ether oxygens (including phenoxy) is 1. The van der Waals surface area contributed by atoms with Gasteiger partial charge in [0.1, 0.15) is 18.2 Å². The Morgan fingerprint density at radius 3 is 2.39 bits per heavy atom. The summed E-state index contributed by atoms with van der Waals surface area (Å²) in [7, 11) is 0. The second-order valence-electron chi connectivity index (χ2n) is 6.66. The van der Waals surface area contributed by atoms with Crippen LogP contribution >= 0.6 is 11.8 Å². The van der Waals surface area contributed by atoms with E-state index in [1.807, 2.05) is 54.6 Å². The molecule has 8 nitrogen and oxygen atoms in total. The van der Waals surface area contributed by atoms with Gasteiger partial charge in [0.25, 0.3) is 0 Å². The molecule has 0 unspecified atom stereocenters. The molecule has 1 heterocycles. The Balaban J connectivity index is 1.47. The Bertz CT molecular complexity index is 1160. The molecular weight excluding hydrogens is 416 g/mol. The fourth-order valence-electron chi connectivity index (χ4n) is 3.47. The molecule has 154 valence electrons. The van der Waals surface area contributed by atoms with Gasteiger partial charge in [-0.3, -0.25) is 10.1 Å². The molecule has 9 heteroatoms. The van der Waals surface area contributed by atoms with E-state index in [0.717, 1.165) is 34.0 Å². The standard InChI is InChI=1S/C22H16N4O4S/c23-9-13-10-24-21(31-12-19(27)28)25-20(13)26-22(29)30-11-18-16-7-3-1-5-14(16)15-6-2-4-8-17(15)18/h1-8,10,18H,11-12H2,(H,27,28)(H,24,25,26,29). The van der Waals surface area contributed by atoms with E-state index in [0.29, 0.717) is 0 Å². The van der Waals surface area contributed by atoms with Crippen LogP contribution in [0.2, 0.25) is 0 Å². The lowest BCUT2D eigenvalue weighted by Gasteiger charge is -2.14. The predicted molar refractivity (Wildman–Crippen MR) is 114 cm³/mol. The molecule has 1 amide bonds. The summed E-state index contributed by atoms with van der Waals surface area (Å²) in [6, 6.07) is 17.9. The fourth-order valence-corrected chi connectivity index (χ4v) is 4.01. The number of carboxylic acid groups (broad SMARTS) is 1. The number of nitrogens with zero attached hydrogens (tertiary/aromatic N) is 3. The van der Waals surface area contributed by atoms with Crippen LogP contribution in [0, 0.1) is 11.3 Å². The molecule has 3 aromatic rings. The van der Waals surface area contributed by atoms with Crippen LogP contribution < -0.4 is 5.32 Å². The van der Waals surface area contributed by atoms with Crippen LogP contribution in [0.1, 0.15) is 22.6 Å². The molecule has 0 saturated carbocycles. The Morgan fingerprint density at radius 2 is 1.77 bits per heavy atom. The van der Waals surface area contributed by atoms with Crippen molar-refractivity contribution >= 4 is 29.6 Å². The number of hydrogen-bond acceptors (Lipinski definition) is 7. The van der Waals surface area contributed by atoms with Crippen LogP contribution in [-0.4, -0.2) is 39.5 Å². The highest BCUT2D eigenvalue weighted by Crippen LogP contribution is 2.44. The zero-order valence-electron chi connectivity index (χ0n) is 16.1. The molecule has 0 fully saturated rings. The molecule has 1 aromatic heterocycles. The number of fused-ring (bicyclic) bond motifs is 3. The van der Waals surface area contributed by atoms with E-state index in [1.165, 1.54) is 6.20 Å². The zero-order valence-corrected chi connectivity index (χ0v) is 16.9. The Morgan fingerprint density at radius 1 is 1.13 bits per heavy atom. The van der Waals surface area contributed by atoms with Crippen LogP contribution in [0.25, 0.3) is 11.1 Å². The van der Waals surface area contributed by atoms with E-state index in [9.17, 15) is 14.9 Å². The van der Waals surface area contributed by atoms with Crippen molar-refractivity contribution in [2.75, 3.05) is 17.7 Å². The number of hydrogen-bond donors (Lipinski definition) is 2. The van der Waals surface area contributed by atoms with Gasteiger partial charge in [-0.2, -0.15) is 5.26 Å². The zero-order chi connectivity index (χ0) is 21.8. The molecule has 0 bridgehead atoms. The summed E-state index contributed by atoms with van der Waals surface area (Å²) >= 11 is 0.884. The number of amides is 1. The molecule has 0 aliphatic heterocycles. The predicted octanol–water partition coefficient (Wildman–Crippen LogP) is 3.89. The second kappa shape index (κ2) is 8.85. The lowest BCUT2D eigenvalue weighted by molar-refractivity contribution is -0.133. The minimum Gasteiger partial charge on any atom is -0.481 e. The molecule has 4 rings (SSSR count). The molecule has 1 aliphatic carbocycles. The highest BCUT2D eigenvalue weighted by atomic mass is 32.2. The maximum Gasteiger partial charge on any atom is 0.412 e. The van der Waals surface area contributed by atoms with Gasteiger partial charge in [-0.15, -0.1) is 0 Å². The number of nitriles is 1. The van der Waals surface area contributed by atoms with Crippen LogP contribution in [-0.2, 0) is 9.53 Å². The van der Waals surface area contributed by atoms with Gasteiger partial charge in [0.2, 0.25) is 0 Å². The average molecular weight is 432 g/mol. The van der Waals surface area contributed by atoms with Crippen molar-refractivity contribution in [1.82, 2.24) is 9.97 Å². The van der Waals surface area contributed by atoms with Gasteiger partial charge in [0.05, 0.1) is 11.9 Å². The number of thioether (sulfide) groups is 1. The molecule has 0 atom stereocenters. The molecule has 31 heavy (non-hydrogen) atoms. The molecule has 0 saturated heterocycles. The molecule has 0 radical (unpaired) electrons. The molecule has 2 aromatic carbocycles. The summed E-state index contributed by atoms with van der Waals surface area (Å²) in [5.41, 5.74) is 4.46. The van der Waals surface area contributed by atoms with Crippen molar-refractivity contribution in [3.63, 3.8) is 0 Å². The van der Waals surface area contributed by atoms with E-state index >= 15 is 0 Å². The third-order valence-electron chi connectivity index (χ3n) is 4.78. The lowest BCUT2D eigenvalue weighted by atomic mass is 9.98. The van der Waals surface area contributed by atoms with E-state index in [1.54, 1.807) is 0 Å². The van der Waals surface area contributed by atoms with Gasteiger partial charge in [-0.1, -0.05) is 60.3 Å². The molecule has 0 spiro atoms. The van der Waals surface area contributed by atoms with Crippen molar-refractivity contribution in [3.05, 3.63) is 71.4 Å². The average Bonchev–Trinajstić information content (AvgIpc) is 3.10. The molecular formula is C22H16N4O4S. The Hall–Kier alpha value is -3.90. The summed E-state index contributed by atoms with van der Waals surface area (Å²) < 4.78 is 5.46. The van der Waals surface area contributed by atoms with Crippen molar-refractivity contribution in [1.29, 1.82) is 5.26 Å². The van der Waals surface area contributed by atoms with Crippen molar-refractivity contribution in [3.8, 4) is 17.2 Å². The normalized spacial score (nSPS) is 11.8. The van der Waals surface area contributed by atoms with E-state index in [2.05, 4.69) is 15.3 Å². The smallest absolute Gasteiger partial charge is 0.412 e. The summed E-state index contributed by atoms with van der Waals surface area (Å²) in [5, 5.41) is 20.6. The van der Waals surface area contributed by atoms with Crippen LogP contribution in [0.15, 0.2) is 59.9 Å².